The number of hydrogen-bond donors (Lipinski definition) is 1. The zero-order valence-corrected chi connectivity index (χ0v) is 15.1. The Bertz CT molecular complexity index is 495. The third kappa shape index (κ3) is 4.99. The summed E-state index contributed by atoms with van der Waals surface area (Å²) in [6, 6.07) is 1.31. The van der Waals surface area contributed by atoms with Crippen molar-refractivity contribution >= 4 is 48.9 Å². The van der Waals surface area contributed by atoms with Crippen LogP contribution in [0.3, 0.4) is 0 Å². The number of nitrogens with one attached hydrogen (secondary N) is 1. The monoisotopic (exact) mass is 388 g/mol. The molecule has 0 amide bonds. The average molecular weight is 390 g/mol. The van der Waals surface area contributed by atoms with Crippen molar-refractivity contribution in [3.63, 3.8) is 0 Å². The minimum atomic E-state index is -3.50. The smallest absolute Gasteiger partial charge is 0.250 e. The SMILES string of the molecule is CCN(CC)CC(C)NS(=O)(=O)c1cc(Cl)c(Br)s1. The summed E-state index contributed by atoms with van der Waals surface area (Å²) in [6.07, 6.45) is 0. The van der Waals surface area contributed by atoms with Gasteiger partial charge in [0, 0.05) is 12.6 Å². The van der Waals surface area contributed by atoms with Gasteiger partial charge in [-0.1, -0.05) is 25.4 Å². The molecule has 1 aromatic heterocycles. The molecule has 0 saturated carbocycles. The van der Waals surface area contributed by atoms with Crippen LogP contribution in [0, 0.1) is 0 Å². The maximum Gasteiger partial charge on any atom is 0.250 e. The molecule has 19 heavy (non-hydrogen) atoms. The zero-order chi connectivity index (χ0) is 14.6. The van der Waals surface area contributed by atoms with E-state index in [1.807, 2.05) is 6.92 Å². The quantitative estimate of drug-likeness (QED) is 0.779. The van der Waals surface area contributed by atoms with E-state index in [0.717, 1.165) is 24.4 Å². The lowest BCUT2D eigenvalue weighted by Crippen LogP contribution is -2.41. The molecular weight excluding hydrogens is 372 g/mol. The van der Waals surface area contributed by atoms with Gasteiger partial charge in [-0.25, -0.2) is 13.1 Å². The molecule has 4 nitrogen and oxygen atoms in total. The highest BCUT2D eigenvalue weighted by Crippen LogP contribution is 2.34. The van der Waals surface area contributed by atoms with Crippen molar-refractivity contribution in [1.29, 1.82) is 0 Å². The number of rotatable bonds is 7. The maximum atomic E-state index is 12.2. The Hall–Kier alpha value is 0.340. The standard InChI is InChI=1S/C11H18BrClN2O2S2/c1-4-15(5-2)7-8(3)14-19(16,17)10-6-9(13)11(12)18-10/h6,8,14H,4-5,7H2,1-3H3. The van der Waals surface area contributed by atoms with Crippen molar-refractivity contribution in [3.8, 4) is 0 Å². The van der Waals surface area contributed by atoms with Crippen LogP contribution >= 0.6 is 38.9 Å². The van der Waals surface area contributed by atoms with Crippen LogP contribution in [0.2, 0.25) is 5.02 Å². The summed E-state index contributed by atoms with van der Waals surface area (Å²) in [5, 5.41) is 0.418. The molecule has 1 heterocycles. The van der Waals surface area contributed by atoms with E-state index in [9.17, 15) is 8.42 Å². The Balaban J connectivity index is 2.74. The van der Waals surface area contributed by atoms with Gasteiger partial charge in [-0.05, 0) is 42.0 Å². The lowest BCUT2D eigenvalue weighted by molar-refractivity contribution is 0.282. The summed E-state index contributed by atoms with van der Waals surface area (Å²) in [7, 11) is -3.50. The van der Waals surface area contributed by atoms with E-state index in [1.165, 1.54) is 6.07 Å². The molecule has 0 aliphatic carbocycles. The minimum absolute atomic E-state index is 0.149. The number of sulfonamides is 1. The molecule has 110 valence electrons. The van der Waals surface area contributed by atoms with Gasteiger partial charge in [0.05, 0.1) is 8.81 Å². The molecule has 0 aliphatic rings. The normalized spacial score (nSPS) is 14.0. The van der Waals surface area contributed by atoms with Gasteiger partial charge in [0.1, 0.15) is 4.21 Å². The molecular formula is C11H18BrClN2O2S2. The average Bonchev–Trinajstić information content (AvgIpc) is 2.67. The summed E-state index contributed by atoms with van der Waals surface area (Å²) in [5.74, 6) is 0. The largest absolute Gasteiger partial charge is 0.302 e. The minimum Gasteiger partial charge on any atom is -0.302 e. The highest BCUT2D eigenvalue weighted by molar-refractivity contribution is 9.11. The molecule has 8 heteroatoms. The summed E-state index contributed by atoms with van der Waals surface area (Å²) >= 11 is 10.2. The van der Waals surface area contributed by atoms with Gasteiger partial charge in [-0.15, -0.1) is 11.3 Å². The number of thiophene rings is 1. The molecule has 0 spiro atoms. The number of hydrogen-bond acceptors (Lipinski definition) is 4. The van der Waals surface area contributed by atoms with E-state index >= 15 is 0 Å². The molecule has 0 aromatic carbocycles. The lowest BCUT2D eigenvalue weighted by atomic mass is 10.3. The van der Waals surface area contributed by atoms with Crippen molar-refractivity contribution in [2.75, 3.05) is 19.6 Å². The second-order valence-electron chi connectivity index (χ2n) is 4.20. The first-order chi connectivity index (χ1) is 8.80. The predicted molar refractivity (Wildman–Crippen MR) is 84.6 cm³/mol. The molecule has 0 radical (unpaired) electrons. The van der Waals surface area contributed by atoms with Crippen molar-refractivity contribution in [2.24, 2.45) is 0 Å². The molecule has 0 saturated heterocycles. The highest BCUT2D eigenvalue weighted by Gasteiger charge is 2.21. The van der Waals surface area contributed by atoms with Gasteiger partial charge >= 0.3 is 0 Å². The Morgan fingerprint density at radius 1 is 1.47 bits per heavy atom. The first-order valence-electron chi connectivity index (χ1n) is 5.99. The van der Waals surface area contributed by atoms with Gasteiger partial charge in [0.25, 0.3) is 0 Å². The van der Waals surface area contributed by atoms with Crippen LogP contribution in [0.1, 0.15) is 20.8 Å². The lowest BCUT2D eigenvalue weighted by Gasteiger charge is -2.23. The fraction of sp³-hybridized carbons (Fsp3) is 0.636. The molecule has 1 N–H and O–H groups in total. The summed E-state index contributed by atoms with van der Waals surface area (Å²) in [4.78, 5) is 2.17. The van der Waals surface area contributed by atoms with E-state index in [4.69, 9.17) is 11.6 Å². The van der Waals surface area contributed by atoms with Crippen molar-refractivity contribution < 1.29 is 8.42 Å². The fourth-order valence-corrected chi connectivity index (χ4v) is 5.34. The highest BCUT2D eigenvalue weighted by atomic mass is 79.9. The molecule has 1 aromatic rings. The Labute approximate surface area is 132 Å². The second kappa shape index (κ2) is 7.38. The van der Waals surface area contributed by atoms with Crippen molar-refractivity contribution in [3.05, 3.63) is 14.9 Å². The summed E-state index contributed by atoms with van der Waals surface area (Å²) < 4.78 is 27.9. The van der Waals surface area contributed by atoms with Crippen LogP contribution in [-0.2, 0) is 10.0 Å². The van der Waals surface area contributed by atoms with Gasteiger partial charge in [-0.3, -0.25) is 0 Å². The van der Waals surface area contributed by atoms with E-state index < -0.39 is 10.0 Å². The van der Waals surface area contributed by atoms with E-state index in [0.29, 0.717) is 15.4 Å². The van der Waals surface area contributed by atoms with E-state index in [-0.39, 0.29) is 10.3 Å². The number of likely N-dealkylation sites (N-methyl/N-ethyl adjacent to an activating group) is 1. The molecule has 1 unspecified atom stereocenters. The second-order valence-corrected chi connectivity index (χ2v) is 8.91. The molecule has 0 bridgehead atoms. The predicted octanol–water partition coefficient (Wildman–Crippen LogP) is 3.17. The first kappa shape index (κ1) is 17.4. The van der Waals surface area contributed by atoms with Crippen molar-refractivity contribution in [2.45, 2.75) is 31.0 Å². The van der Waals surface area contributed by atoms with Crippen LogP contribution < -0.4 is 4.72 Å². The van der Waals surface area contributed by atoms with E-state index in [2.05, 4.69) is 39.4 Å². The van der Waals surface area contributed by atoms with Crippen LogP contribution in [0.5, 0.6) is 0 Å². The number of nitrogens with zero attached hydrogens (tertiary/aromatic N) is 1. The fourth-order valence-electron chi connectivity index (χ4n) is 1.69. The van der Waals surface area contributed by atoms with Gasteiger partial charge in [0.15, 0.2) is 0 Å². The third-order valence-electron chi connectivity index (χ3n) is 2.67. The first-order valence-corrected chi connectivity index (χ1v) is 9.46. The van der Waals surface area contributed by atoms with Crippen LogP contribution in [0.25, 0.3) is 0 Å². The molecule has 1 rings (SSSR count). The Morgan fingerprint density at radius 2 is 2.05 bits per heavy atom. The van der Waals surface area contributed by atoms with Crippen LogP contribution in [0.15, 0.2) is 14.1 Å². The third-order valence-corrected chi connectivity index (χ3v) is 7.21. The summed E-state index contributed by atoms with van der Waals surface area (Å²) in [6.45, 7) is 8.46. The number of halogens is 2. The Kier molecular flexibility index (Phi) is 6.75. The molecule has 0 fully saturated rings. The van der Waals surface area contributed by atoms with E-state index in [1.54, 1.807) is 0 Å². The van der Waals surface area contributed by atoms with Gasteiger partial charge < -0.3 is 4.90 Å². The molecule has 0 aliphatic heterocycles. The van der Waals surface area contributed by atoms with Crippen molar-refractivity contribution in [1.82, 2.24) is 9.62 Å². The molecule has 1 atom stereocenters. The summed E-state index contributed by atoms with van der Waals surface area (Å²) in [5.41, 5.74) is 0. The maximum absolute atomic E-state index is 12.2. The van der Waals surface area contributed by atoms with Gasteiger partial charge in [0.2, 0.25) is 10.0 Å². The topological polar surface area (TPSA) is 49.4 Å². The van der Waals surface area contributed by atoms with Crippen LogP contribution in [-0.4, -0.2) is 39.0 Å². The van der Waals surface area contributed by atoms with Crippen LogP contribution in [0.4, 0.5) is 0 Å². The van der Waals surface area contributed by atoms with Gasteiger partial charge in [-0.2, -0.15) is 0 Å². The zero-order valence-electron chi connectivity index (χ0n) is 11.1. The Morgan fingerprint density at radius 3 is 2.47 bits per heavy atom.